The van der Waals surface area contributed by atoms with Crippen molar-refractivity contribution in [3.8, 4) is 17.2 Å². The van der Waals surface area contributed by atoms with Crippen molar-refractivity contribution >= 4 is 12.4 Å². The van der Waals surface area contributed by atoms with E-state index in [2.05, 4.69) is 22.3 Å². The number of nitrogens with zero attached hydrogens (tertiary/aromatic N) is 1. The Labute approximate surface area is 174 Å². The monoisotopic (exact) mass is 412 g/mol. The Hall–Kier alpha value is -1.21. The summed E-state index contributed by atoms with van der Waals surface area (Å²) in [5.41, 5.74) is 1.45. The van der Waals surface area contributed by atoms with Gasteiger partial charge in [0.05, 0.1) is 20.3 Å². The highest BCUT2D eigenvalue weighted by molar-refractivity contribution is 5.85. The van der Waals surface area contributed by atoms with E-state index in [1.54, 1.807) is 7.11 Å². The SMILES string of the molecule is COc1cc(CNCC2(N3CCOCC3)CCCCC2)cc2c1OCCO2.Cl. The van der Waals surface area contributed by atoms with Gasteiger partial charge in [-0.15, -0.1) is 12.4 Å². The molecule has 1 saturated carbocycles. The van der Waals surface area contributed by atoms with Crippen molar-refractivity contribution in [1.82, 2.24) is 10.2 Å². The van der Waals surface area contributed by atoms with Gasteiger partial charge in [0.2, 0.25) is 5.75 Å². The predicted molar refractivity (Wildman–Crippen MR) is 111 cm³/mol. The zero-order valence-corrected chi connectivity index (χ0v) is 17.7. The number of methoxy groups -OCH3 is 1. The van der Waals surface area contributed by atoms with Gasteiger partial charge in [-0.3, -0.25) is 4.90 Å². The van der Waals surface area contributed by atoms with Crippen molar-refractivity contribution in [3.05, 3.63) is 17.7 Å². The van der Waals surface area contributed by atoms with Gasteiger partial charge < -0.3 is 24.3 Å². The molecule has 1 N–H and O–H groups in total. The summed E-state index contributed by atoms with van der Waals surface area (Å²) >= 11 is 0. The fourth-order valence-electron chi connectivity index (χ4n) is 4.72. The average Bonchev–Trinajstić information content (AvgIpc) is 2.74. The van der Waals surface area contributed by atoms with Crippen molar-refractivity contribution in [2.45, 2.75) is 44.2 Å². The molecule has 2 aliphatic heterocycles. The van der Waals surface area contributed by atoms with Gasteiger partial charge in [0, 0.05) is 31.7 Å². The highest BCUT2D eigenvalue weighted by Gasteiger charge is 2.38. The lowest BCUT2D eigenvalue weighted by atomic mass is 9.79. The molecular weight excluding hydrogens is 380 g/mol. The lowest BCUT2D eigenvalue weighted by Gasteiger charge is -2.48. The molecule has 7 heteroatoms. The molecule has 0 unspecified atom stereocenters. The summed E-state index contributed by atoms with van der Waals surface area (Å²) < 4.78 is 22.6. The molecule has 0 spiro atoms. The molecule has 1 aromatic rings. The third kappa shape index (κ3) is 4.67. The van der Waals surface area contributed by atoms with Crippen LogP contribution in [0.1, 0.15) is 37.7 Å². The minimum absolute atomic E-state index is 0. The smallest absolute Gasteiger partial charge is 0.203 e. The third-order valence-electron chi connectivity index (χ3n) is 6.14. The first-order chi connectivity index (χ1) is 13.3. The second-order valence-corrected chi connectivity index (χ2v) is 7.81. The lowest BCUT2D eigenvalue weighted by Crippen LogP contribution is -2.59. The molecule has 1 saturated heterocycles. The minimum atomic E-state index is 0. The Morgan fingerprint density at radius 2 is 1.79 bits per heavy atom. The normalized spacial score (nSPS) is 21.6. The molecule has 28 heavy (non-hydrogen) atoms. The molecule has 0 bridgehead atoms. The molecule has 1 aliphatic carbocycles. The van der Waals surface area contributed by atoms with Crippen LogP contribution in [0.5, 0.6) is 17.2 Å². The number of morpholine rings is 1. The molecule has 3 aliphatic rings. The molecule has 0 atom stereocenters. The van der Waals surface area contributed by atoms with Gasteiger partial charge in [-0.2, -0.15) is 0 Å². The number of hydrogen-bond donors (Lipinski definition) is 1. The number of hydrogen-bond acceptors (Lipinski definition) is 6. The Kier molecular flexibility index (Phi) is 7.69. The van der Waals surface area contributed by atoms with Crippen LogP contribution in [0, 0.1) is 0 Å². The van der Waals surface area contributed by atoms with Crippen molar-refractivity contribution in [2.75, 3.05) is 53.2 Å². The first kappa shape index (κ1) is 21.5. The van der Waals surface area contributed by atoms with Crippen LogP contribution >= 0.6 is 12.4 Å². The van der Waals surface area contributed by atoms with Crippen molar-refractivity contribution in [3.63, 3.8) is 0 Å². The molecule has 6 nitrogen and oxygen atoms in total. The largest absolute Gasteiger partial charge is 0.493 e. The van der Waals surface area contributed by atoms with Gasteiger partial charge in [-0.25, -0.2) is 0 Å². The van der Waals surface area contributed by atoms with E-state index in [0.717, 1.165) is 56.6 Å². The van der Waals surface area contributed by atoms with E-state index in [1.165, 1.54) is 37.7 Å². The standard InChI is InChI=1S/C21H32N2O4.ClH/c1-24-18-13-17(14-19-20(18)27-12-11-26-19)15-22-16-21(5-3-2-4-6-21)23-7-9-25-10-8-23;/h13-14,22H,2-12,15-16H2,1H3;1H. The summed E-state index contributed by atoms with van der Waals surface area (Å²) in [4.78, 5) is 2.67. The van der Waals surface area contributed by atoms with E-state index in [0.29, 0.717) is 13.2 Å². The van der Waals surface area contributed by atoms with Crippen molar-refractivity contribution in [2.24, 2.45) is 0 Å². The van der Waals surface area contributed by atoms with E-state index in [4.69, 9.17) is 18.9 Å². The van der Waals surface area contributed by atoms with Crippen LogP contribution in [0.4, 0.5) is 0 Å². The summed E-state index contributed by atoms with van der Waals surface area (Å²) in [6.45, 7) is 6.82. The fraction of sp³-hybridized carbons (Fsp3) is 0.714. The summed E-state index contributed by atoms with van der Waals surface area (Å²) in [5, 5.41) is 3.73. The van der Waals surface area contributed by atoms with E-state index in [-0.39, 0.29) is 17.9 Å². The molecule has 4 rings (SSSR count). The average molecular weight is 413 g/mol. The van der Waals surface area contributed by atoms with Gasteiger partial charge in [0.15, 0.2) is 11.5 Å². The number of halogens is 1. The zero-order valence-electron chi connectivity index (χ0n) is 16.8. The van der Waals surface area contributed by atoms with Crippen LogP contribution in [-0.4, -0.2) is 63.6 Å². The zero-order chi connectivity index (χ0) is 18.5. The summed E-state index contributed by atoms with van der Waals surface area (Å²) in [7, 11) is 1.68. The Bertz CT molecular complexity index is 614. The summed E-state index contributed by atoms with van der Waals surface area (Å²) in [5.74, 6) is 2.27. The Morgan fingerprint density at radius 3 is 2.54 bits per heavy atom. The third-order valence-corrected chi connectivity index (χ3v) is 6.14. The predicted octanol–water partition coefficient (Wildman–Crippen LogP) is 3.01. The van der Waals surface area contributed by atoms with E-state index in [9.17, 15) is 0 Å². The van der Waals surface area contributed by atoms with Crippen LogP contribution in [0.3, 0.4) is 0 Å². The maximum atomic E-state index is 5.76. The molecule has 0 radical (unpaired) electrons. The van der Waals surface area contributed by atoms with Gasteiger partial charge in [-0.1, -0.05) is 19.3 Å². The highest BCUT2D eigenvalue weighted by atomic mass is 35.5. The number of fused-ring (bicyclic) bond motifs is 1. The number of ether oxygens (including phenoxy) is 4. The van der Waals surface area contributed by atoms with Crippen LogP contribution < -0.4 is 19.5 Å². The lowest BCUT2D eigenvalue weighted by molar-refractivity contribution is -0.0369. The number of benzene rings is 1. The molecular formula is C21H33ClN2O4. The van der Waals surface area contributed by atoms with Crippen molar-refractivity contribution < 1.29 is 18.9 Å². The van der Waals surface area contributed by atoms with Gasteiger partial charge in [0.25, 0.3) is 0 Å². The Morgan fingerprint density at radius 1 is 1.04 bits per heavy atom. The molecule has 2 fully saturated rings. The quantitative estimate of drug-likeness (QED) is 0.775. The molecule has 0 amide bonds. The Balaban J connectivity index is 0.00000225. The van der Waals surface area contributed by atoms with Crippen LogP contribution in [0.25, 0.3) is 0 Å². The van der Waals surface area contributed by atoms with Gasteiger partial charge >= 0.3 is 0 Å². The first-order valence-corrected chi connectivity index (χ1v) is 10.3. The number of nitrogens with one attached hydrogen (secondary N) is 1. The maximum absolute atomic E-state index is 5.76. The second kappa shape index (κ2) is 10.0. The molecule has 1 aromatic carbocycles. The second-order valence-electron chi connectivity index (χ2n) is 7.81. The summed E-state index contributed by atoms with van der Waals surface area (Å²) in [6.07, 6.45) is 6.59. The van der Waals surface area contributed by atoms with Crippen molar-refractivity contribution in [1.29, 1.82) is 0 Å². The maximum Gasteiger partial charge on any atom is 0.203 e. The molecule has 2 heterocycles. The summed E-state index contributed by atoms with van der Waals surface area (Å²) in [6, 6.07) is 4.13. The van der Waals surface area contributed by atoms with Gasteiger partial charge in [0.1, 0.15) is 13.2 Å². The van der Waals surface area contributed by atoms with Crippen LogP contribution in [-0.2, 0) is 11.3 Å². The van der Waals surface area contributed by atoms with E-state index in [1.807, 2.05) is 0 Å². The van der Waals surface area contributed by atoms with Crippen LogP contribution in [0.2, 0.25) is 0 Å². The minimum Gasteiger partial charge on any atom is -0.493 e. The molecule has 0 aromatic heterocycles. The topological polar surface area (TPSA) is 52.2 Å². The van der Waals surface area contributed by atoms with Gasteiger partial charge in [-0.05, 0) is 30.5 Å². The number of rotatable bonds is 6. The fourth-order valence-corrected chi connectivity index (χ4v) is 4.72. The first-order valence-electron chi connectivity index (χ1n) is 10.3. The highest BCUT2D eigenvalue weighted by Crippen LogP contribution is 2.40. The molecule has 158 valence electrons. The van der Waals surface area contributed by atoms with E-state index >= 15 is 0 Å². The van der Waals surface area contributed by atoms with Crippen LogP contribution in [0.15, 0.2) is 12.1 Å². The van der Waals surface area contributed by atoms with E-state index < -0.39 is 0 Å².